The van der Waals surface area contributed by atoms with Gasteiger partial charge in [0.25, 0.3) is 5.91 Å². The number of likely N-dealkylation sites (tertiary alicyclic amines) is 2. The summed E-state index contributed by atoms with van der Waals surface area (Å²) in [5.41, 5.74) is 1.50. The van der Waals surface area contributed by atoms with E-state index in [2.05, 4.69) is 0 Å². The standard InChI is InChI=1S/C21H26N2O3/c1-3-18-20(16-8-4-5-9-19(16)26-18)21(25)22-12-10-17-15(13-22)7-6-11-23(17)14(2)24/h4-5,8-9,15,17H,3,6-7,10-13H2,1-2H3/t15-,17+/m0/s1. The van der Waals surface area contributed by atoms with E-state index in [0.29, 0.717) is 18.9 Å². The number of para-hydroxylation sites is 1. The van der Waals surface area contributed by atoms with Gasteiger partial charge in [-0.3, -0.25) is 9.59 Å². The van der Waals surface area contributed by atoms with E-state index in [0.717, 1.165) is 54.6 Å². The quantitative estimate of drug-likeness (QED) is 0.830. The lowest BCUT2D eigenvalue weighted by Gasteiger charge is -2.47. The molecule has 0 spiro atoms. The van der Waals surface area contributed by atoms with Crippen molar-refractivity contribution in [2.24, 2.45) is 5.92 Å². The molecule has 0 bridgehead atoms. The van der Waals surface area contributed by atoms with Gasteiger partial charge in [0.05, 0.1) is 5.56 Å². The number of piperidine rings is 2. The molecule has 4 rings (SSSR count). The predicted molar refractivity (Wildman–Crippen MR) is 100 cm³/mol. The van der Waals surface area contributed by atoms with Crippen LogP contribution in [-0.4, -0.2) is 47.3 Å². The van der Waals surface area contributed by atoms with E-state index in [1.54, 1.807) is 6.92 Å². The summed E-state index contributed by atoms with van der Waals surface area (Å²) < 4.78 is 5.92. The molecule has 2 aliphatic rings. The van der Waals surface area contributed by atoms with Gasteiger partial charge in [-0.15, -0.1) is 0 Å². The topological polar surface area (TPSA) is 53.8 Å². The lowest BCUT2D eigenvalue weighted by atomic mass is 9.83. The highest BCUT2D eigenvalue weighted by Gasteiger charge is 2.39. The van der Waals surface area contributed by atoms with Crippen molar-refractivity contribution in [2.75, 3.05) is 19.6 Å². The Morgan fingerprint density at radius 2 is 2.00 bits per heavy atom. The number of benzene rings is 1. The van der Waals surface area contributed by atoms with Gasteiger partial charge in [-0.1, -0.05) is 25.1 Å². The highest BCUT2D eigenvalue weighted by molar-refractivity contribution is 6.07. The molecule has 0 saturated carbocycles. The van der Waals surface area contributed by atoms with Crippen LogP contribution in [0.5, 0.6) is 0 Å². The molecule has 0 unspecified atom stereocenters. The summed E-state index contributed by atoms with van der Waals surface area (Å²) in [5, 5.41) is 0.908. The lowest BCUT2D eigenvalue weighted by Crippen LogP contribution is -2.56. The minimum atomic E-state index is 0.0743. The number of furan rings is 1. The summed E-state index contributed by atoms with van der Waals surface area (Å²) in [6.45, 7) is 5.97. The third-order valence-corrected chi connectivity index (χ3v) is 5.96. The van der Waals surface area contributed by atoms with Crippen LogP contribution in [0.25, 0.3) is 11.0 Å². The van der Waals surface area contributed by atoms with Crippen LogP contribution >= 0.6 is 0 Å². The molecule has 0 aliphatic carbocycles. The van der Waals surface area contributed by atoms with E-state index in [1.807, 2.05) is 41.0 Å². The van der Waals surface area contributed by atoms with Crippen LogP contribution in [0.15, 0.2) is 28.7 Å². The largest absolute Gasteiger partial charge is 0.460 e. The van der Waals surface area contributed by atoms with Gasteiger partial charge in [0.2, 0.25) is 5.91 Å². The fraction of sp³-hybridized carbons (Fsp3) is 0.524. The first-order valence-corrected chi connectivity index (χ1v) is 9.67. The number of amides is 2. The molecule has 3 heterocycles. The van der Waals surface area contributed by atoms with Gasteiger partial charge in [0.1, 0.15) is 11.3 Å². The van der Waals surface area contributed by atoms with E-state index in [1.165, 1.54) is 0 Å². The van der Waals surface area contributed by atoms with Gasteiger partial charge >= 0.3 is 0 Å². The Morgan fingerprint density at radius 3 is 2.77 bits per heavy atom. The van der Waals surface area contributed by atoms with Crippen LogP contribution in [0.2, 0.25) is 0 Å². The van der Waals surface area contributed by atoms with Crippen molar-refractivity contribution in [3.8, 4) is 0 Å². The Bertz CT molecular complexity index is 841. The number of hydrogen-bond acceptors (Lipinski definition) is 3. The maximum absolute atomic E-state index is 13.3. The monoisotopic (exact) mass is 354 g/mol. The van der Waals surface area contributed by atoms with Gasteiger partial charge in [-0.25, -0.2) is 0 Å². The Hall–Kier alpha value is -2.30. The molecule has 26 heavy (non-hydrogen) atoms. The molecule has 2 saturated heterocycles. The summed E-state index contributed by atoms with van der Waals surface area (Å²) in [5.74, 6) is 1.39. The minimum absolute atomic E-state index is 0.0743. The normalized spacial score (nSPS) is 23.2. The molecular weight excluding hydrogens is 328 g/mol. The highest BCUT2D eigenvalue weighted by atomic mass is 16.3. The summed E-state index contributed by atoms with van der Waals surface area (Å²) in [6.07, 6.45) is 3.68. The summed E-state index contributed by atoms with van der Waals surface area (Å²) >= 11 is 0. The van der Waals surface area contributed by atoms with Gasteiger partial charge in [0, 0.05) is 44.4 Å². The number of aryl methyl sites for hydroxylation is 1. The first-order valence-electron chi connectivity index (χ1n) is 9.67. The second-order valence-corrected chi connectivity index (χ2v) is 7.47. The molecule has 1 aromatic carbocycles. The Morgan fingerprint density at radius 1 is 1.19 bits per heavy atom. The Balaban J connectivity index is 1.60. The van der Waals surface area contributed by atoms with Crippen LogP contribution in [0.1, 0.15) is 49.2 Å². The van der Waals surface area contributed by atoms with Crippen molar-refractivity contribution in [3.63, 3.8) is 0 Å². The van der Waals surface area contributed by atoms with Gasteiger partial charge in [-0.05, 0) is 31.2 Å². The van der Waals surface area contributed by atoms with Crippen LogP contribution in [0.4, 0.5) is 0 Å². The SMILES string of the molecule is CCc1oc2ccccc2c1C(=O)N1CC[C@@H]2[C@@H](CCCN2C(C)=O)C1. The number of carbonyl (C=O) groups excluding carboxylic acids is 2. The zero-order valence-electron chi connectivity index (χ0n) is 15.5. The second kappa shape index (κ2) is 6.78. The van der Waals surface area contributed by atoms with Crippen molar-refractivity contribution >= 4 is 22.8 Å². The van der Waals surface area contributed by atoms with Gasteiger partial charge in [0.15, 0.2) is 0 Å². The molecule has 138 valence electrons. The van der Waals surface area contributed by atoms with E-state index < -0.39 is 0 Å². The van der Waals surface area contributed by atoms with Crippen LogP contribution in [0.3, 0.4) is 0 Å². The summed E-state index contributed by atoms with van der Waals surface area (Å²) in [6, 6.07) is 8.06. The molecule has 2 aromatic rings. The maximum atomic E-state index is 13.3. The van der Waals surface area contributed by atoms with Crippen LogP contribution < -0.4 is 0 Å². The predicted octanol–water partition coefficient (Wildman–Crippen LogP) is 3.47. The number of rotatable bonds is 2. The third-order valence-electron chi connectivity index (χ3n) is 5.96. The molecule has 1 aromatic heterocycles. The molecule has 0 radical (unpaired) electrons. The number of fused-ring (bicyclic) bond motifs is 2. The average molecular weight is 354 g/mol. The van der Waals surface area contributed by atoms with Gasteiger partial charge in [-0.2, -0.15) is 0 Å². The summed E-state index contributed by atoms with van der Waals surface area (Å²) in [4.78, 5) is 29.2. The molecule has 0 N–H and O–H groups in total. The zero-order valence-corrected chi connectivity index (χ0v) is 15.5. The fourth-order valence-electron chi connectivity index (χ4n) is 4.72. The third kappa shape index (κ3) is 2.79. The Labute approximate surface area is 153 Å². The van der Waals surface area contributed by atoms with Gasteiger partial charge < -0.3 is 14.2 Å². The van der Waals surface area contributed by atoms with Crippen molar-refractivity contribution in [1.29, 1.82) is 0 Å². The molecule has 2 atom stereocenters. The first-order chi connectivity index (χ1) is 12.6. The van der Waals surface area contributed by atoms with Crippen molar-refractivity contribution in [2.45, 2.75) is 45.6 Å². The fourth-order valence-corrected chi connectivity index (χ4v) is 4.72. The minimum Gasteiger partial charge on any atom is -0.460 e. The van der Waals surface area contributed by atoms with Crippen molar-refractivity contribution in [1.82, 2.24) is 9.80 Å². The maximum Gasteiger partial charge on any atom is 0.258 e. The summed E-state index contributed by atoms with van der Waals surface area (Å²) in [7, 11) is 0. The molecule has 5 heteroatoms. The molecule has 5 nitrogen and oxygen atoms in total. The highest BCUT2D eigenvalue weighted by Crippen LogP contribution is 2.33. The molecular formula is C21H26N2O3. The van der Waals surface area contributed by atoms with Crippen molar-refractivity contribution in [3.05, 3.63) is 35.6 Å². The number of nitrogens with zero attached hydrogens (tertiary/aromatic N) is 2. The Kier molecular flexibility index (Phi) is 4.47. The molecule has 2 fully saturated rings. The smallest absolute Gasteiger partial charge is 0.258 e. The molecule has 2 aliphatic heterocycles. The van der Waals surface area contributed by atoms with Crippen LogP contribution in [0, 0.1) is 5.92 Å². The van der Waals surface area contributed by atoms with E-state index in [-0.39, 0.29) is 17.9 Å². The second-order valence-electron chi connectivity index (χ2n) is 7.47. The van der Waals surface area contributed by atoms with Crippen molar-refractivity contribution < 1.29 is 14.0 Å². The van der Waals surface area contributed by atoms with E-state index >= 15 is 0 Å². The number of hydrogen-bond donors (Lipinski definition) is 0. The van der Waals surface area contributed by atoms with E-state index in [4.69, 9.17) is 4.42 Å². The number of carbonyl (C=O) groups is 2. The first kappa shape index (κ1) is 17.1. The van der Waals surface area contributed by atoms with Crippen LogP contribution in [-0.2, 0) is 11.2 Å². The molecule has 2 amide bonds. The zero-order chi connectivity index (χ0) is 18.3. The van der Waals surface area contributed by atoms with E-state index in [9.17, 15) is 9.59 Å². The lowest BCUT2D eigenvalue weighted by molar-refractivity contribution is -0.135. The average Bonchev–Trinajstić information content (AvgIpc) is 3.05.